The second-order valence-corrected chi connectivity index (χ2v) is 5.50. The van der Waals surface area contributed by atoms with Crippen molar-refractivity contribution in [2.24, 2.45) is 23.2 Å². The van der Waals surface area contributed by atoms with Gasteiger partial charge in [0.15, 0.2) is 0 Å². The summed E-state index contributed by atoms with van der Waals surface area (Å²) < 4.78 is 0. The molecule has 4 saturated carbocycles. The van der Waals surface area contributed by atoms with E-state index in [4.69, 9.17) is 0 Å². The molecule has 4 rings (SSSR count). The Morgan fingerprint density at radius 1 is 1.00 bits per heavy atom. The van der Waals surface area contributed by atoms with E-state index in [1.165, 1.54) is 19.3 Å². The van der Waals surface area contributed by atoms with Crippen LogP contribution >= 0.6 is 0 Å². The van der Waals surface area contributed by atoms with Gasteiger partial charge in [-0.2, -0.15) is 0 Å². The van der Waals surface area contributed by atoms with Gasteiger partial charge >= 0.3 is 5.97 Å². The Morgan fingerprint density at radius 2 is 1.36 bits per heavy atom. The Morgan fingerprint density at radius 3 is 1.64 bits per heavy atom. The Bertz CT molecular complexity index is 227. The van der Waals surface area contributed by atoms with Crippen molar-refractivity contribution in [3.05, 3.63) is 0 Å². The first-order valence-corrected chi connectivity index (χ1v) is 5.41. The zero-order chi connectivity index (χ0) is 9.05. The van der Waals surface area contributed by atoms with Crippen molar-refractivity contribution in [1.29, 1.82) is 0 Å². The molecular formula is C11H16KO2. The maximum Gasteiger partial charge on any atom is 0.309 e. The molecule has 0 amide bonds. The van der Waals surface area contributed by atoms with Gasteiger partial charge in [0.05, 0.1) is 5.41 Å². The van der Waals surface area contributed by atoms with Crippen LogP contribution < -0.4 is 0 Å². The molecule has 0 unspecified atom stereocenters. The van der Waals surface area contributed by atoms with Gasteiger partial charge in [-0.05, 0) is 56.3 Å². The van der Waals surface area contributed by atoms with E-state index in [-0.39, 0.29) is 56.8 Å². The summed E-state index contributed by atoms with van der Waals surface area (Å²) in [5.74, 6) is 1.75. The maximum atomic E-state index is 11.3. The molecule has 1 N–H and O–H groups in total. The SMILES string of the molecule is O=C(O)C12CC3CC(CC(C3)C1)C2.[K]. The smallest absolute Gasteiger partial charge is 0.309 e. The van der Waals surface area contributed by atoms with Crippen LogP contribution in [0.25, 0.3) is 0 Å². The van der Waals surface area contributed by atoms with E-state index in [9.17, 15) is 9.90 Å². The van der Waals surface area contributed by atoms with Crippen LogP contribution in [0.15, 0.2) is 0 Å². The summed E-state index contributed by atoms with van der Waals surface area (Å²) in [6, 6.07) is 0. The average molecular weight is 219 g/mol. The molecule has 0 atom stereocenters. The van der Waals surface area contributed by atoms with E-state index in [1.54, 1.807) is 0 Å². The molecule has 1 radical (unpaired) electrons. The molecule has 0 spiro atoms. The van der Waals surface area contributed by atoms with Crippen LogP contribution in [-0.2, 0) is 4.79 Å². The first-order chi connectivity index (χ1) is 6.18. The van der Waals surface area contributed by atoms with E-state index >= 15 is 0 Å². The minimum Gasteiger partial charge on any atom is -0.481 e. The van der Waals surface area contributed by atoms with E-state index in [2.05, 4.69) is 0 Å². The summed E-state index contributed by atoms with van der Waals surface area (Å²) in [5, 5.41) is 9.28. The molecule has 4 fully saturated rings. The van der Waals surface area contributed by atoms with Gasteiger partial charge < -0.3 is 5.11 Å². The number of hydrogen-bond donors (Lipinski definition) is 1. The van der Waals surface area contributed by atoms with Crippen LogP contribution in [0.3, 0.4) is 0 Å². The van der Waals surface area contributed by atoms with Gasteiger partial charge in [-0.25, -0.2) is 0 Å². The summed E-state index contributed by atoms with van der Waals surface area (Å²) in [4.78, 5) is 11.3. The van der Waals surface area contributed by atoms with Gasteiger partial charge in [-0.3, -0.25) is 4.79 Å². The molecular weight excluding hydrogens is 203 g/mol. The largest absolute Gasteiger partial charge is 0.481 e. The van der Waals surface area contributed by atoms with Crippen molar-refractivity contribution in [2.75, 3.05) is 0 Å². The summed E-state index contributed by atoms with van der Waals surface area (Å²) in [7, 11) is 0. The molecule has 3 heteroatoms. The van der Waals surface area contributed by atoms with Crippen LogP contribution in [0.4, 0.5) is 0 Å². The van der Waals surface area contributed by atoms with Gasteiger partial charge in [0, 0.05) is 51.4 Å². The summed E-state index contributed by atoms with van der Waals surface area (Å²) in [5.41, 5.74) is -0.283. The van der Waals surface area contributed by atoms with Crippen molar-refractivity contribution in [3.63, 3.8) is 0 Å². The fourth-order valence-electron chi connectivity index (χ4n) is 4.37. The second-order valence-electron chi connectivity index (χ2n) is 5.50. The van der Waals surface area contributed by atoms with Crippen molar-refractivity contribution >= 4 is 57.4 Å². The number of aliphatic carboxylic acids is 1. The molecule has 4 aliphatic carbocycles. The number of carboxylic acid groups (broad SMARTS) is 1. The van der Waals surface area contributed by atoms with Crippen molar-refractivity contribution in [2.45, 2.75) is 38.5 Å². The van der Waals surface area contributed by atoms with Gasteiger partial charge in [-0.15, -0.1) is 0 Å². The summed E-state index contributed by atoms with van der Waals surface area (Å²) in [6.45, 7) is 0. The molecule has 0 saturated heterocycles. The topological polar surface area (TPSA) is 37.3 Å². The van der Waals surface area contributed by atoms with Crippen LogP contribution in [0.1, 0.15) is 38.5 Å². The Labute approximate surface area is 127 Å². The molecule has 0 aromatic rings. The zero-order valence-corrected chi connectivity index (χ0v) is 12.0. The van der Waals surface area contributed by atoms with Gasteiger partial charge in [0.2, 0.25) is 0 Å². The fourth-order valence-corrected chi connectivity index (χ4v) is 4.37. The van der Waals surface area contributed by atoms with Crippen molar-refractivity contribution in [3.8, 4) is 0 Å². The molecule has 2 nitrogen and oxygen atoms in total. The monoisotopic (exact) mass is 219 g/mol. The number of rotatable bonds is 1. The zero-order valence-electron chi connectivity index (χ0n) is 8.83. The molecule has 0 aromatic carbocycles. The molecule has 14 heavy (non-hydrogen) atoms. The van der Waals surface area contributed by atoms with Gasteiger partial charge in [0.1, 0.15) is 0 Å². The first kappa shape index (κ1) is 11.6. The fraction of sp³-hybridized carbons (Fsp3) is 0.909. The normalized spacial score (nSPS) is 48.7. The average Bonchev–Trinajstić information content (AvgIpc) is 2.00. The maximum absolute atomic E-state index is 11.3. The van der Waals surface area contributed by atoms with Gasteiger partial charge in [-0.1, -0.05) is 0 Å². The quantitative estimate of drug-likeness (QED) is 0.684. The Kier molecular flexibility index (Phi) is 3.18. The summed E-state index contributed by atoms with van der Waals surface area (Å²) in [6.07, 6.45) is 6.92. The van der Waals surface area contributed by atoms with Gasteiger partial charge in [0.25, 0.3) is 0 Å². The first-order valence-electron chi connectivity index (χ1n) is 5.41. The predicted molar refractivity (Wildman–Crippen MR) is 54.0 cm³/mol. The van der Waals surface area contributed by atoms with Crippen molar-refractivity contribution < 1.29 is 9.90 Å². The predicted octanol–water partition coefficient (Wildman–Crippen LogP) is 1.91. The van der Waals surface area contributed by atoms with Crippen LogP contribution in [-0.4, -0.2) is 62.5 Å². The number of carboxylic acids is 1. The summed E-state index contributed by atoms with van der Waals surface area (Å²) >= 11 is 0. The molecule has 4 aliphatic rings. The van der Waals surface area contributed by atoms with Crippen LogP contribution in [0.5, 0.6) is 0 Å². The molecule has 73 valence electrons. The molecule has 0 heterocycles. The molecule has 0 aliphatic heterocycles. The Balaban J connectivity index is 0.000000750. The third-order valence-electron chi connectivity index (χ3n) is 4.49. The standard InChI is InChI=1S/C11H16O2.K/c12-10(13)11-4-7-1-8(5-11)3-9(2-7)6-11;/h7-9H,1-6H2,(H,12,13);. The molecule has 0 aromatic heterocycles. The van der Waals surface area contributed by atoms with E-state index in [1.807, 2.05) is 0 Å². The minimum atomic E-state index is -0.508. The van der Waals surface area contributed by atoms with Crippen LogP contribution in [0.2, 0.25) is 0 Å². The third-order valence-corrected chi connectivity index (χ3v) is 4.49. The second kappa shape index (κ2) is 3.84. The minimum absolute atomic E-state index is 0. The van der Waals surface area contributed by atoms with E-state index in [0.29, 0.717) is 0 Å². The van der Waals surface area contributed by atoms with E-state index in [0.717, 1.165) is 37.0 Å². The van der Waals surface area contributed by atoms with E-state index < -0.39 is 5.97 Å². The number of carbonyl (C=O) groups is 1. The van der Waals surface area contributed by atoms with Crippen LogP contribution in [0, 0.1) is 23.2 Å². The molecule has 4 bridgehead atoms. The Hall–Kier alpha value is 1.11. The third kappa shape index (κ3) is 1.65. The van der Waals surface area contributed by atoms with Crippen molar-refractivity contribution in [1.82, 2.24) is 0 Å². The number of hydrogen-bond acceptors (Lipinski definition) is 1.